The van der Waals surface area contributed by atoms with Gasteiger partial charge in [-0.05, 0) is 122 Å². The lowest BCUT2D eigenvalue weighted by atomic mass is 9.63. The molecule has 2 bridgehead atoms. The number of piperazine rings is 1. The maximum Gasteiger partial charge on any atom is 0.262 e. The zero-order chi connectivity index (χ0) is 36.3. The number of aliphatic hydroxyl groups is 1. The van der Waals surface area contributed by atoms with Crippen LogP contribution in [0.1, 0.15) is 80.3 Å². The number of ether oxygens (including phenoxy) is 1. The molecule has 2 aromatic carbocycles. The summed E-state index contributed by atoms with van der Waals surface area (Å²) in [7, 11) is -2.93. The second kappa shape index (κ2) is 14.3. The molecule has 0 radical (unpaired) electrons. The highest BCUT2D eigenvalue weighted by atomic mass is 35.5. The lowest BCUT2D eigenvalue weighted by Crippen LogP contribution is -2.60. The standard InChI is InChI=1S/C42H57ClN4O4S/c1-29-15-17-42(49,27-45-19-20-46-18-5-4-8-35(46)24-45)37-12-9-33(37)23-47-26-41(16-6-7-31-21-34(43)11-13-36(31)41)28-51-39-14-10-32(22-38(39)47)40(48)44-52(3,50)25-30(29)2/h10-11,13-15,17,21-22,29-30,33,35,37,49H,3-9,12,16,18-20,23-28H2,1-2H3,(H,44,48,50)/b17-15+/t29-,30+,33-,35+,37+,41-,42+,52?/m0/s1. The van der Waals surface area contributed by atoms with Gasteiger partial charge in [0.05, 0.1) is 17.9 Å². The molecule has 3 fully saturated rings. The molecular formula is C42H57ClN4O4S. The molecule has 4 heterocycles. The quantitative estimate of drug-likeness (QED) is 0.291. The van der Waals surface area contributed by atoms with Crippen LogP contribution in [0.2, 0.25) is 5.02 Å². The van der Waals surface area contributed by atoms with Crippen molar-refractivity contribution < 1.29 is 18.8 Å². The smallest absolute Gasteiger partial charge is 0.262 e. The summed E-state index contributed by atoms with van der Waals surface area (Å²) in [6.45, 7) is 11.1. The fourth-order valence-electron chi connectivity index (χ4n) is 10.4. The third kappa shape index (κ3) is 7.17. The van der Waals surface area contributed by atoms with Crippen LogP contribution in [0, 0.1) is 23.7 Å². The highest BCUT2D eigenvalue weighted by Crippen LogP contribution is 2.48. The summed E-state index contributed by atoms with van der Waals surface area (Å²) in [5, 5.41) is 13.7. The van der Waals surface area contributed by atoms with Crippen LogP contribution in [0.15, 0.2) is 48.6 Å². The predicted octanol–water partition coefficient (Wildman–Crippen LogP) is 5.94. The van der Waals surface area contributed by atoms with Crippen molar-refractivity contribution in [3.05, 3.63) is 70.3 Å². The number of aryl methyl sites for hydroxylation is 1. The van der Waals surface area contributed by atoms with Crippen LogP contribution in [0.5, 0.6) is 5.75 Å². The third-order valence-electron chi connectivity index (χ3n) is 13.6. The minimum absolute atomic E-state index is 0.0120. The molecule has 6 aliphatic rings. The van der Waals surface area contributed by atoms with E-state index in [0.29, 0.717) is 24.8 Å². The van der Waals surface area contributed by atoms with E-state index in [4.69, 9.17) is 16.3 Å². The molecular weight excluding hydrogens is 692 g/mol. The number of nitrogens with zero attached hydrogens (tertiary/aromatic N) is 3. The number of carbonyl (C=O) groups excluding carboxylic acids is 1. The van der Waals surface area contributed by atoms with Crippen LogP contribution in [0.25, 0.3) is 0 Å². The van der Waals surface area contributed by atoms with Gasteiger partial charge >= 0.3 is 0 Å². The van der Waals surface area contributed by atoms with Gasteiger partial charge in [0, 0.05) is 76.8 Å². The highest BCUT2D eigenvalue weighted by Gasteiger charge is 2.49. The number of rotatable bonds is 2. The Hall–Kier alpha value is -2.56. The maximum absolute atomic E-state index is 13.8. The van der Waals surface area contributed by atoms with Gasteiger partial charge in [0.1, 0.15) is 5.75 Å². The molecule has 2 saturated heterocycles. The third-order valence-corrected chi connectivity index (χ3v) is 15.5. The summed E-state index contributed by atoms with van der Waals surface area (Å²) in [4.78, 5) is 21.3. The summed E-state index contributed by atoms with van der Waals surface area (Å²) < 4.78 is 23.3. The summed E-state index contributed by atoms with van der Waals surface area (Å²) in [5.41, 5.74) is 2.68. The zero-order valence-electron chi connectivity index (χ0n) is 31.0. The Morgan fingerprint density at radius 1 is 1.06 bits per heavy atom. The number of fused-ring (bicyclic) bond motifs is 5. The average molecular weight is 749 g/mol. The first-order valence-corrected chi connectivity index (χ1v) is 22.0. The van der Waals surface area contributed by atoms with Crippen LogP contribution in [0.3, 0.4) is 0 Å². The number of β-amino-alcohol motifs (C(OH)–C–C–N with tert-alkyl or cyclic N) is 1. The van der Waals surface area contributed by atoms with E-state index in [9.17, 15) is 14.1 Å². The molecule has 2 N–H and O–H groups in total. The number of allylic oxidation sites excluding steroid dienone is 1. The number of piperidine rings is 1. The number of hydrogen-bond acceptors (Lipinski definition) is 7. The minimum atomic E-state index is -2.93. The molecule has 8 rings (SSSR count). The SMILES string of the molecule is C=S1(=O)C[C@@H](C)[C@@H](C)/C=C/[C@@](O)(CN2CCN3CCCC[C@@H]3C2)[C@@H]2CC[C@H]2CN2C[C@@]3(CCCc4cc(Cl)ccc43)COc3ccc(cc32)C(=O)N1. The molecule has 1 amide bonds. The number of amides is 1. The number of anilines is 1. The monoisotopic (exact) mass is 748 g/mol. The van der Waals surface area contributed by atoms with Crippen LogP contribution >= 0.6 is 11.6 Å². The molecule has 52 heavy (non-hydrogen) atoms. The first-order chi connectivity index (χ1) is 24.9. The Kier molecular flexibility index (Phi) is 9.99. The molecule has 282 valence electrons. The van der Waals surface area contributed by atoms with Gasteiger partial charge in [-0.2, -0.15) is 0 Å². The van der Waals surface area contributed by atoms with Crippen LogP contribution in [-0.2, 0) is 21.5 Å². The second-order valence-electron chi connectivity index (χ2n) is 17.2. The van der Waals surface area contributed by atoms with Gasteiger partial charge < -0.3 is 14.7 Å². The zero-order valence-corrected chi connectivity index (χ0v) is 32.6. The summed E-state index contributed by atoms with van der Waals surface area (Å²) in [6.07, 6.45) is 13.1. The van der Waals surface area contributed by atoms with E-state index < -0.39 is 15.3 Å². The van der Waals surface area contributed by atoms with Crippen molar-refractivity contribution in [1.82, 2.24) is 14.5 Å². The normalized spacial score (nSPS) is 37.7. The van der Waals surface area contributed by atoms with Gasteiger partial charge in [0.15, 0.2) is 0 Å². The molecule has 0 aromatic heterocycles. The van der Waals surface area contributed by atoms with Crippen molar-refractivity contribution in [1.29, 1.82) is 0 Å². The predicted molar refractivity (Wildman–Crippen MR) is 212 cm³/mol. The fourth-order valence-corrected chi connectivity index (χ4v) is 12.2. The van der Waals surface area contributed by atoms with Gasteiger partial charge in [-0.15, -0.1) is 0 Å². The molecule has 4 aliphatic heterocycles. The molecule has 1 saturated carbocycles. The van der Waals surface area contributed by atoms with Crippen LogP contribution in [-0.4, -0.2) is 101 Å². The minimum Gasteiger partial charge on any atom is -0.490 e. The summed E-state index contributed by atoms with van der Waals surface area (Å²) in [6, 6.07) is 12.5. The lowest BCUT2D eigenvalue weighted by molar-refractivity contribution is -0.0767. The number of halogens is 1. The van der Waals surface area contributed by atoms with Gasteiger partial charge in [-0.25, -0.2) is 4.21 Å². The first-order valence-electron chi connectivity index (χ1n) is 19.8. The molecule has 1 spiro atoms. The molecule has 8 nitrogen and oxygen atoms in total. The molecule has 8 atom stereocenters. The van der Waals surface area contributed by atoms with Gasteiger partial charge in [-0.3, -0.25) is 19.3 Å². The highest BCUT2D eigenvalue weighted by molar-refractivity contribution is 7.99. The Labute approximate surface area is 316 Å². The van der Waals surface area contributed by atoms with E-state index in [0.717, 1.165) is 81.3 Å². The van der Waals surface area contributed by atoms with Crippen molar-refractivity contribution in [2.24, 2.45) is 23.7 Å². The fraction of sp³-hybridized carbons (Fsp3) is 0.619. The average Bonchev–Trinajstić information content (AvgIpc) is 3.24. The van der Waals surface area contributed by atoms with Crippen molar-refractivity contribution in [3.8, 4) is 5.75 Å². The molecule has 2 aromatic rings. The summed E-state index contributed by atoms with van der Waals surface area (Å²) in [5.74, 6) is 5.02. The van der Waals surface area contributed by atoms with Crippen molar-refractivity contribution in [2.45, 2.75) is 82.3 Å². The van der Waals surface area contributed by atoms with E-state index in [-0.39, 0.29) is 40.7 Å². The van der Waals surface area contributed by atoms with Crippen LogP contribution < -0.4 is 14.4 Å². The number of nitrogens with one attached hydrogen (secondary N) is 1. The van der Waals surface area contributed by atoms with E-state index in [2.05, 4.69) is 63.4 Å². The largest absolute Gasteiger partial charge is 0.490 e. The van der Waals surface area contributed by atoms with Gasteiger partial charge in [0.25, 0.3) is 5.91 Å². The topological polar surface area (TPSA) is 85.3 Å². The number of carbonyl (C=O) groups is 1. The van der Waals surface area contributed by atoms with E-state index in [1.807, 2.05) is 18.2 Å². The summed E-state index contributed by atoms with van der Waals surface area (Å²) >= 11 is 6.51. The Balaban J connectivity index is 1.17. The van der Waals surface area contributed by atoms with E-state index in [1.54, 1.807) is 6.07 Å². The van der Waals surface area contributed by atoms with Gasteiger partial charge in [-0.1, -0.05) is 50.1 Å². The molecule has 10 heteroatoms. The lowest BCUT2D eigenvalue weighted by Gasteiger charge is -2.52. The first kappa shape index (κ1) is 36.4. The van der Waals surface area contributed by atoms with Crippen molar-refractivity contribution in [3.63, 3.8) is 0 Å². The van der Waals surface area contributed by atoms with Gasteiger partial charge in [0.2, 0.25) is 0 Å². The van der Waals surface area contributed by atoms with E-state index in [1.165, 1.54) is 36.9 Å². The Morgan fingerprint density at radius 2 is 1.92 bits per heavy atom. The Bertz CT molecular complexity index is 1820. The number of benzene rings is 2. The number of hydrogen-bond donors (Lipinski definition) is 2. The van der Waals surface area contributed by atoms with Crippen molar-refractivity contribution in [2.75, 3.05) is 63.1 Å². The van der Waals surface area contributed by atoms with Crippen LogP contribution in [0.4, 0.5) is 5.69 Å². The molecule has 2 aliphatic carbocycles. The Morgan fingerprint density at radius 3 is 2.75 bits per heavy atom. The molecule has 1 unspecified atom stereocenters. The van der Waals surface area contributed by atoms with E-state index >= 15 is 0 Å². The maximum atomic E-state index is 13.8. The van der Waals surface area contributed by atoms with Crippen molar-refractivity contribution >= 4 is 38.8 Å². The second-order valence-corrected chi connectivity index (χ2v) is 19.8.